The van der Waals surface area contributed by atoms with Crippen LogP contribution in [0.2, 0.25) is 0 Å². The van der Waals surface area contributed by atoms with Crippen LogP contribution in [0, 0.1) is 0 Å². The Hall–Kier alpha value is -0.620. The lowest BCUT2D eigenvalue weighted by molar-refractivity contribution is -0.143. The fraction of sp³-hybridized carbons (Fsp3) is 0.889. The summed E-state index contributed by atoms with van der Waals surface area (Å²) in [7, 11) is -3.52. The predicted octanol–water partition coefficient (Wildman–Crippen LogP) is 0.712. The molecule has 0 unspecified atom stereocenters. The number of carboxylic acids is 1. The van der Waals surface area contributed by atoms with Crippen LogP contribution in [-0.2, 0) is 14.8 Å². The van der Waals surface area contributed by atoms with Gasteiger partial charge in [0.2, 0.25) is 10.0 Å². The van der Waals surface area contributed by atoms with E-state index in [0.717, 1.165) is 12.8 Å². The van der Waals surface area contributed by atoms with Crippen molar-refractivity contribution in [3.8, 4) is 0 Å². The van der Waals surface area contributed by atoms with E-state index >= 15 is 0 Å². The van der Waals surface area contributed by atoms with Gasteiger partial charge in [0.15, 0.2) is 0 Å². The van der Waals surface area contributed by atoms with Crippen LogP contribution in [-0.4, -0.2) is 30.3 Å². The fourth-order valence-corrected chi connectivity index (χ4v) is 2.80. The van der Waals surface area contributed by atoms with Gasteiger partial charge in [-0.3, -0.25) is 4.79 Å². The van der Waals surface area contributed by atoms with Crippen molar-refractivity contribution in [3.63, 3.8) is 0 Å². The molecule has 1 aliphatic rings. The third-order valence-corrected chi connectivity index (χ3v) is 4.74. The monoisotopic (exact) mass is 235 g/mol. The largest absolute Gasteiger partial charge is 0.480 e. The minimum atomic E-state index is -3.52. The summed E-state index contributed by atoms with van der Waals surface area (Å²) >= 11 is 0. The van der Waals surface area contributed by atoms with Crippen LogP contribution in [0.4, 0.5) is 0 Å². The molecule has 5 nitrogen and oxygen atoms in total. The summed E-state index contributed by atoms with van der Waals surface area (Å²) in [5.74, 6) is -1.07. The molecule has 2 N–H and O–H groups in total. The molecule has 1 aliphatic carbocycles. The molecule has 0 amide bonds. The first kappa shape index (κ1) is 12.4. The average molecular weight is 235 g/mol. The highest BCUT2D eigenvalue weighted by atomic mass is 32.2. The van der Waals surface area contributed by atoms with E-state index in [2.05, 4.69) is 4.72 Å². The molecule has 1 fully saturated rings. The van der Waals surface area contributed by atoms with Crippen LogP contribution in [0.5, 0.6) is 0 Å². The third kappa shape index (κ3) is 2.49. The standard InChI is InChI=1S/C9H17NO4S/c1-7(2)15(13,14)10-9(8(11)12)5-3-4-6-9/h7,10H,3-6H2,1-2H3,(H,11,12). The Kier molecular flexibility index (Phi) is 3.40. The van der Waals surface area contributed by atoms with Gasteiger partial charge in [-0.2, -0.15) is 4.72 Å². The van der Waals surface area contributed by atoms with E-state index in [1.165, 1.54) is 13.8 Å². The zero-order valence-electron chi connectivity index (χ0n) is 8.99. The molecule has 0 aromatic heterocycles. The average Bonchev–Trinajstić information content (AvgIpc) is 2.53. The van der Waals surface area contributed by atoms with Crippen molar-refractivity contribution >= 4 is 16.0 Å². The molecule has 0 aromatic carbocycles. The Morgan fingerprint density at radius 2 is 1.80 bits per heavy atom. The molecular weight excluding hydrogens is 218 g/mol. The van der Waals surface area contributed by atoms with Crippen LogP contribution in [0.3, 0.4) is 0 Å². The second kappa shape index (κ2) is 4.09. The quantitative estimate of drug-likeness (QED) is 0.751. The number of hydrogen-bond donors (Lipinski definition) is 2. The first-order chi connectivity index (χ1) is 6.80. The van der Waals surface area contributed by atoms with E-state index in [0.29, 0.717) is 12.8 Å². The molecule has 88 valence electrons. The summed E-state index contributed by atoms with van der Waals surface area (Å²) < 4.78 is 25.6. The molecule has 0 atom stereocenters. The van der Waals surface area contributed by atoms with Crippen molar-refractivity contribution in [2.24, 2.45) is 0 Å². The van der Waals surface area contributed by atoms with Crippen LogP contribution < -0.4 is 4.72 Å². The highest BCUT2D eigenvalue weighted by Gasteiger charge is 2.44. The summed E-state index contributed by atoms with van der Waals surface area (Å²) in [6.45, 7) is 3.07. The number of sulfonamides is 1. The topological polar surface area (TPSA) is 83.5 Å². The lowest BCUT2D eigenvalue weighted by Gasteiger charge is -2.26. The molecule has 0 aromatic rings. The molecule has 1 saturated carbocycles. The van der Waals surface area contributed by atoms with Crippen LogP contribution in [0.1, 0.15) is 39.5 Å². The van der Waals surface area contributed by atoms with Crippen molar-refractivity contribution in [1.29, 1.82) is 0 Å². The van der Waals surface area contributed by atoms with Crippen molar-refractivity contribution in [2.45, 2.75) is 50.3 Å². The summed E-state index contributed by atoms with van der Waals surface area (Å²) in [6.07, 6.45) is 2.28. The molecule has 1 rings (SSSR count). The van der Waals surface area contributed by atoms with Gasteiger partial charge in [0.05, 0.1) is 5.25 Å². The number of carboxylic acid groups (broad SMARTS) is 1. The maximum atomic E-state index is 11.6. The molecule has 0 radical (unpaired) electrons. The van der Waals surface area contributed by atoms with Crippen molar-refractivity contribution in [2.75, 3.05) is 0 Å². The normalized spacial score (nSPS) is 20.7. The van der Waals surface area contributed by atoms with E-state index in [1.807, 2.05) is 0 Å². The molecule has 15 heavy (non-hydrogen) atoms. The van der Waals surface area contributed by atoms with Gasteiger partial charge in [0, 0.05) is 0 Å². The molecular formula is C9H17NO4S. The Morgan fingerprint density at radius 3 is 2.13 bits per heavy atom. The first-order valence-electron chi connectivity index (χ1n) is 5.06. The van der Waals surface area contributed by atoms with E-state index in [-0.39, 0.29) is 0 Å². The lowest BCUT2D eigenvalue weighted by Crippen LogP contribution is -2.54. The van der Waals surface area contributed by atoms with Crippen LogP contribution in [0.15, 0.2) is 0 Å². The molecule has 0 aliphatic heterocycles. The van der Waals surface area contributed by atoms with Gasteiger partial charge in [0.25, 0.3) is 0 Å². The minimum Gasteiger partial charge on any atom is -0.480 e. The van der Waals surface area contributed by atoms with Gasteiger partial charge in [0.1, 0.15) is 5.54 Å². The Bertz CT molecular complexity index is 341. The number of carbonyl (C=O) groups is 1. The summed E-state index contributed by atoms with van der Waals surface area (Å²) in [5.41, 5.74) is -1.26. The predicted molar refractivity (Wildman–Crippen MR) is 56.0 cm³/mol. The highest BCUT2D eigenvalue weighted by Crippen LogP contribution is 2.31. The summed E-state index contributed by atoms with van der Waals surface area (Å²) in [6, 6.07) is 0. The maximum absolute atomic E-state index is 11.6. The molecule has 0 spiro atoms. The zero-order valence-corrected chi connectivity index (χ0v) is 9.80. The first-order valence-corrected chi connectivity index (χ1v) is 6.61. The van der Waals surface area contributed by atoms with Gasteiger partial charge in [-0.25, -0.2) is 8.42 Å². The van der Waals surface area contributed by atoms with E-state index < -0.39 is 26.8 Å². The van der Waals surface area contributed by atoms with Crippen molar-refractivity contribution < 1.29 is 18.3 Å². The number of rotatable bonds is 4. The molecule has 6 heteroatoms. The van der Waals surface area contributed by atoms with Gasteiger partial charge < -0.3 is 5.11 Å². The van der Waals surface area contributed by atoms with Crippen molar-refractivity contribution in [3.05, 3.63) is 0 Å². The van der Waals surface area contributed by atoms with E-state index in [4.69, 9.17) is 5.11 Å². The fourth-order valence-electron chi connectivity index (χ4n) is 1.73. The second-order valence-electron chi connectivity index (χ2n) is 4.29. The van der Waals surface area contributed by atoms with Gasteiger partial charge in [-0.15, -0.1) is 0 Å². The Balaban J connectivity index is 2.90. The number of hydrogen-bond acceptors (Lipinski definition) is 3. The second-order valence-corrected chi connectivity index (χ2v) is 6.53. The smallest absolute Gasteiger partial charge is 0.324 e. The van der Waals surface area contributed by atoms with Gasteiger partial charge in [-0.05, 0) is 26.7 Å². The summed E-state index contributed by atoms with van der Waals surface area (Å²) in [4.78, 5) is 11.1. The molecule has 0 saturated heterocycles. The Morgan fingerprint density at radius 1 is 1.33 bits per heavy atom. The third-order valence-electron chi connectivity index (χ3n) is 2.82. The lowest BCUT2D eigenvalue weighted by atomic mass is 10.0. The summed E-state index contributed by atoms with van der Waals surface area (Å²) in [5, 5.41) is 8.48. The maximum Gasteiger partial charge on any atom is 0.324 e. The van der Waals surface area contributed by atoms with E-state index in [1.54, 1.807) is 0 Å². The van der Waals surface area contributed by atoms with Crippen LogP contribution >= 0.6 is 0 Å². The molecule has 0 heterocycles. The Labute approximate surface area is 89.9 Å². The number of aliphatic carboxylic acids is 1. The van der Waals surface area contributed by atoms with Gasteiger partial charge in [-0.1, -0.05) is 12.8 Å². The van der Waals surface area contributed by atoms with Crippen LogP contribution in [0.25, 0.3) is 0 Å². The molecule has 0 bridgehead atoms. The number of nitrogens with one attached hydrogen (secondary N) is 1. The van der Waals surface area contributed by atoms with E-state index in [9.17, 15) is 13.2 Å². The van der Waals surface area contributed by atoms with Crippen molar-refractivity contribution in [1.82, 2.24) is 4.72 Å². The highest BCUT2D eigenvalue weighted by molar-refractivity contribution is 7.90. The SMILES string of the molecule is CC(C)S(=O)(=O)NC1(C(=O)O)CCCC1. The minimum absolute atomic E-state index is 0.383. The zero-order chi connectivity index (χ0) is 11.7. The van der Waals surface area contributed by atoms with Gasteiger partial charge >= 0.3 is 5.97 Å².